The summed E-state index contributed by atoms with van der Waals surface area (Å²) in [5.74, 6) is -4.98. The van der Waals surface area contributed by atoms with Crippen molar-refractivity contribution in [1.29, 1.82) is 0 Å². The molecule has 1 aromatic rings. The van der Waals surface area contributed by atoms with Crippen LogP contribution in [0.2, 0.25) is 0 Å². The molecule has 0 saturated carbocycles. The monoisotopic (exact) mass is 336 g/mol. The lowest BCUT2D eigenvalue weighted by Crippen LogP contribution is -2.41. The highest BCUT2D eigenvalue weighted by Crippen LogP contribution is 2.37. The Kier molecular flexibility index (Phi) is 4.12. The molecule has 0 spiro atoms. The topological polar surface area (TPSA) is 52.6 Å². The van der Waals surface area contributed by atoms with Crippen molar-refractivity contribution in [2.24, 2.45) is 0 Å². The fourth-order valence-electron chi connectivity index (χ4n) is 2.00. The van der Waals surface area contributed by atoms with Crippen LogP contribution in [0.25, 0.3) is 0 Å². The quantitative estimate of drug-likeness (QED) is 0.794. The number of hydrogen-bond acceptors (Lipinski definition) is 4. The van der Waals surface area contributed by atoms with E-state index in [2.05, 4.69) is 0 Å². The summed E-state index contributed by atoms with van der Waals surface area (Å²) < 4.78 is 73.9. The molecule has 0 N–H and O–H groups in total. The lowest BCUT2D eigenvalue weighted by Gasteiger charge is -2.32. The van der Waals surface area contributed by atoms with Gasteiger partial charge in [-0.15, -0.1) is 0 Å². The SMILES string of the molecule is CC1(C)OB(c2cccc(S(=O)(=O)C(F)F)c2F)OC1(C)C. The summed E-state index contributed by atoms with van der Waals surface area (Å²) in [7, 11) is -6.21. The van der Waals surface area contributed by atoms with E-state index in [1.54, 1.807) is 27.7 Å². The van der Waals surface area contributed by atoms with E-state index in [4.69, 9.17) is 9.31 Å². The molecule has 0 aromatic heterocycles. The van der Waals surface area contributed by atoms with Gasteiger partial charge in [0.2, 0.25) is 9.84 Å². The van der Waals surface area contributed by atoms with Gasteiger partial charge in [0, 0.05) is 5.46 Å². The Morgan fingerprint density at radius 3 is 2.05 bits per heavy atom. The van der Waals surface area contributed by atoms with Crippen LogP contribution in [0, 0.1) is 5.82 Å². The van der Waals surface area contributed by atoms with Gasteiger partial charge in [-0.05, 0) is 33.8 Å². The minimum atomic E-state index is -5.04. The molecule has 1 heterocycles. The highest BCUT2D eigenvalue weighted by Gasteiger charge is 2.52. The second-order valence-corrected chi connectivity index (χ2v) is 7.94. The Labute approximate surface area is 127 Å². The molecule has 0 radical (unpaired) electrons. The predicted molar refractivity (Wildman–Crippen MR) is 75.3 cm³/mol. The normalized spacial score (nSPS) is 20.6. The summed E-state index contributed by atoms with van der Waals surface area (Å²) >= 11 is 0. The van der Waals surface area contributed by atoms with Crippen LogP contribution >= 0.6 is 0 Å². The second-order valence-electron chi connectivity index (χ2n) is 6.05. The zero-order valence-electron chi connectivity index (χ0n) is 12.6. The number of alkyl halides is 2. The maximum Gasteiger partial charge on any atom is 0.497 e. The first-order valence-corrected chi connectivity index (χ1v) is 8.11. The van der Waals surface area contributed by atoms with Gasteiger partial charge in [-0.25, -0.2) is 12.8 Å². The largest absolute Gasteiger partial charge is 0.497 e. The van der Waals surface area contributed by atoms with Crippen LogP contribution in [-0.2, 0) is 19.1 Å². The van der Waals surface area contributed by atoms with Gasteiger partial charge < -0.3 is 9.31 Å². The van der Waals surface area contributed by atoms with Gasteiger partial charge in [0.05, 0.1) is 11.2 Å². The van der Waals surface area contributed by atoms with Gasteiger partial charge >= 0.3 is 12.9 Å². The zero-order chi connectivity index (χ0) is 16.9. The smallest absolute Gasteiger partial charge is 0.399 e. The van der Waals surface area contributed by atoms with E-state index in [1.165, 1.54) is 12.1 Å². The van der Waals surface area contributed by atoms with Crippen LogP contribution in [0.5, 0.6) is 0 Å². The first-order chi connectivity index (χ1) is 9.90. The summed E-state index contributed by atoms with van der Waals surface area (Å²) in [5.41, 5.74) is -1.75. The molecule has 0 atom stereocenters. The summed E-state index contributed by atoms with van der Waals surface area (Å²) in [4.78, 5) is -1.06. The Hall–Kier alpha value is -1.06. The van der Waals surface area contributed by atoms with Gasteiger partial charge in [0.25, 0.3) is 0 Å². The maximum absolute atomic E-state index is 14.4. The number of halogens is 3. The summed E-state index contributed by atoms with van der Waals surface area (Å²) in [6.45, 7) is 6.96. The molecule has 122 valence electrons. The Morgan fingerprint density at radius 2 is 1.59 bits per heavy atom. The lowest BCUT2D eigenvalue weighted by molar-refractivity contribution is 0.00578. The van der Waals surface area contributed by atoms with Crippen molar-refractivity contribution >= 4 is 22.4 Å². The average Bonchev–Trinajstić information content (AvgIpc) is 2.58. The molecule has 1 aliphatic rings. The van der Waals surface area contributed by atoms with Gasteiger partial charge in [-0.1, -0.05) is 12.1 Å². The van der Waals surface area contributed by atoms with Crippen molar-refractivity contribution in [3.63, 3.8) is 0 Å². The van der Waals surface area contributed by atoms with Gasteiger partial charge in [-0.2, -0.15) is 8.78 Å². The van der Waals surface area contributed by atoms with E-state index in [-0.39, 0.29) is 5.46 Å². The van der Waals surface area contributed by atoms with Crippen LogP contribution in [0.15, 0.2) is 23.1 Å². The van der Waals surface area contributed by atoms with Gasteiger partial charge in [0.15, 0.2) is 0 Å². The highest BCUT2D eigenvalue weighted by molar-refractivity contribution is 7.91. The number of rotatable bonds is 3. The Balaban J connectivity index is 2.49. The van der Waals surface area contributed by atoms with Crippen molar-refractivity contribution in [2.75, 3.05) is 0 Å². The van der Waals surface area contributed by atoms with Gasteiger partial charge in [0.1, 0.15) is 10.7 Å². The third-order valence-electron chi connectivity index (χ3n) is 4.04. The maximum atomic E-state index is 14.4. The van der Waals surface area contributed by atoms with E-state index in [9.17, 15) is 21.6 Å². The van der Waals surface area contributed by atoms with Crippen LogP contribution in [0.4, 0.5) is 13.2 Å². The van der Waals surface area contributed by atoms with E-state index in [0.717, 1.165) is 6.07 Å². The van der Waals surface area contributed by atoms with Crippen molar-refractivity contribution < 1.29 is 30.9 Å². The molecule has 1 aliphatic heterocycles. The molecule has 0 amide bonds. The molecular weight excluding hydrogens is 320 g/mol. The lowest BCUT2D eigenvalue weighted by atomic mass is 9.79. The van der Waals surface area contributed by atoms with E-state index >= 15 is 0 Å². The fraction of sp³-hybridized carbons (Fsp3) is 0.538. The molecule has 1 fully saturated rings. The summed E-state index contributed by atoms with van der Waals surface area (Å²) in [5, 5.41) is 0. The van der Waals surface area contributed by atoms with Crippen LogP contribution < -0.4 is 5.46 Å². The molecule has 4 nitrogen and oxygen atoms in total. The fourth-order valence-corrected chi connectivity index (χ4v) is 2.82. The van der Waals surface area contributed by atoms with E-state index < -0.39 is 44.6 Å². The average molecular weight is 336 g/mol. The molecule has 0 bridgehead atoms. The van der Waals surface area contributed by atoms with Crippen molar-refractivity contribution in [2.45, 2.75) is 49.6 Å². The molecule has 1 saturated heterocycles. The standard InChI is InChI=1S/C13H16BF3O4S/c1-12(2)13(3,4)21-14(20-12)8-6-5-7-9(10(8)15)22(18,19)11(16)17/h5-7,11H,1-4H3. The molecule has 9 heteroatoms. The van der Waals surface area contributed by atoms with E-state index in [1.807, 2.05) is 0 Å². The predicted octanol–water partition coefficient (Wildman–Crippen LogP) is 2.12. The number of benzene rings is 1. The molecule has 22 heavy (non-hydrogen) atoms. The van der Waals surface area contributed by atoms with Gasteiger partial charge in [-0.3, -0.25) is 0 Å². The number of hydrogen-bond donors (Lipinski definition) is 0. The third-order valence-corrected chi connectivity index (χ3v) is 5.44. The summed E-state index contributed by atoms with van der Waals surface area (Å²) in [6, 6.07) is 3.23. The highest BCUT2D eigenvalue weighted by atomic mass is 32.2. The van der Waals surface area contributed by atoms with Crippen molar-refractivity contribution in [3.8, 4) is 0 Å². The van der Waals surface area contributed by atoms with E-state index in [0.29, 0.717) is 0 Å². The van der Waals surface area contributed by atoms with Crippen molar-refractivity contribution in [3.05, 3.63) is 24.0 Å². The Bertz CT molecular complexity index is 673. The number of sulfone groups is 1. The Morgan fingerprint density at radius 1 is 1.09 bits per heavy atom. The summed E-state index contributed by atoms with van der Waals surface area (Å²) in [6.07, 6.45) is 0. The first kappa shape index (κ1) is 17.3. The molecule has 1 aromatic carbocycles. The van der Waals surface area contributed by atoms with Crippen LogP contribution in [0.1, 0.15) is 27.7 Å². The molecule has 2 rings (SSSR count). The third kappa shape index (κ3) is 2.65. The zero-order valence-corrected chi connectivity index (χ0v) is 13.4. The second kappa shape index (κ2) is 5.24. The van der Waals surface area contributed by atoms with Crippen molar-refractivity contribution in [1.82, 2.24) is 0 Å². The molecular formula is C13H16BF3O4S. The first-order valence-electron chi connectivity index (χ1n) is 6.56. The van der Waals surface area contributed by atoms with Crippen LogP contribution in [-0.4, -0.2) is 32.5 Å². The van der Waals surface area contributed by atoms with Crippen LogP contribution in [0.3, 0.4) is 0 Å². The molecule has 0 aliphatic carbocycles. The minimum Gasteiger partial charge on any atom is -0.399 e. The molecule has 0 unspecified atom stereocenters. The minimum absolute atomic E-state index is 0.222.